The number of rotatable bonds is 9. The van der Waals surface area contributed by atoms with E-state index in [0.717, 1.165) is 44.5 Å². The molecule has 2 unspecified atom stereocenters. The van der Waals surface area contributed by atoms with Crippen LogP contribution in [0, 0.1) is 11.7 Å². The Morgan fingerprint density at radius 1 is 1.02 bits per heavy atom. The molecule has 3 aromatic rings. The maximum Gasteiger partial charge on any atom is 0.407 e. The Balaban J connectivity index is 0.000000485. The monoisotopic (exact) mass is 749 g/mol. The molecule has 2 atom stereocenters. The largest absolute Gasteiger partial charge is 0.490 e. The zero-order valence-corrected chi connectivity index (χ0v) is 31.5. The van der Waals surface area contributed by atoms with Crippen LogP contribution in [-0.2, 0) is 15.1 Å². The van der Waals surface area contributed by atoms with Crippen LogP contribution in [0.2, 0.25) is 0 Å². The molecule has 1 amide bonds. The Labute approximate surface area is 314 Å². The number of amides is 1. The molecule has 4 heterocycles. The zero-order valence-electron chi connectivity index (χ0n) is 31.5. The Bertz CT molecular complexity index is 1810. The van der Waals surface area contributed by atoms with E-state index in [1.165, 1.54) is 29.8 Å². The second-order valence-electron chi connectivity index (χ2n) is 15.4. The highest BCUT2D eigenvalue weighted by Gasteiger charge is 2.53. The molecule has 2 aromatic heterocycles. The van der Waals surface area contributed by atoms with Crippen LogP contribution < -0.4 is 19.9 Å². The van der Waals surface area contributed by atoms with Crippen LogP contribution in [0.25, 0.3) is 0 Å². The Hall–Kier alpha value is -5.08. The molecule has 0 bridgehead atoms. The van der Waals surface area contributed by atoms with Gasteiger partial charge in [0.2, 0.25) is 11.8 Å². The topological polar surface area (TPSA) is 145 Å². The number of carbonyl (C=O) groups is 2. The van der Waals surface area contributed by atoms with E-state index in [9.17, 15) is 18.4 Å². The number of hydrogen-bond acceptors (Lipinski definition) is 12. The van der Waals surface area contributed by atoms with Crippen molar-refractivity contribution in [2.24, 2.45) is 5.92 Å². The molecule has 2 aliphatic carbocycles. The lowest BCUT2D eigenvalue weighted by Crippen LogP contribution is -2.40. The maximum absolute atomic E-state index is 13.2. The van der Waals surface area contributed by atoms with Gasteiger partial charge in [0.25, 0.3) is 0 Å². The Morgan fingerprint density at radius 3 is 2.33 bits per heavy atom. The second-order valence-corrected chi connectivity index (χ2v) is 15.4. The Kier molecular flexibility index (Phi) is 11.8. The molecule has 4 aliphatic rings. The molecule has 1 saturated carbocycles. The first-order valence-corrected chi connectivity index (χ1v) is 18.5. The molecule has 0 spiro atoms. The predicted molar refractivity (Wildman–Crippen MR) is 197 cm³/mol. The number of nitrogens with one attached hydrogen (secondary N) is 1. The van der Waals surface area contributed by atoms with Gasteiger partial charge in [0.05, 0.1) is 30.6 Å². The summed E-state index contributed by atoms with van der Waals surface area (Å²) in [5.74, 6) is 0.935. The van der Waals surface area contributed by atoms with E-state index < -0.39 is 35.3 Å². The summed E-state index contributed by atoms with van der Waals surface area (Å²) in [5.41, 5.74) is 0.873. The number of alkyl halides is 1. The van der Waals surface area contributed by atoms with Crippen molar-refractivity contribution in [3.05, 3.63) is 77.2 Å². The summed E-state index contributed by atoms with van der Waals surface area (Å²) in [4.78, 5) is 42.2. The molecule has 1 N–H and O–H groups in total. The summed E-state index contributed by atoms with van der Waals surface area (Å²) in [6.07, 6.45) is 10.4. The minimum Gasteiger partial charge on any atom is -0.490 e. The zero-order chi connectivity index (χ0) is 38.5. The van der Waals surface area contributed by atoms with Crippen LogP contribution in [0.15, 0.2) is 64.5 Å². The number of carbonyl (C=O) groups excluding carboxylic acids is 2. The third kappa shape index (κ3) is 10.3. The first kappa shape index (κ1) is 38.6. The first-order chi connectivity index (χ1) is 25.7. The van der Waals surface area contributed by atoms with Crippen molar-refractivity contribution in [2.45, 2.75) is 96.6 Å². The number of anilines is 2. The van der Waals surface area contributed by atoms with Gasteiger partial charge in [-0.3, -0.25) is 0 Å². The summed E-state index contributed by atoms with van der Waals surface area (Å²) in [5, 5.41) is 7.03. The van der Waals surface area contributed by atoms with Gasteiger partial charge in [-0.1, -0.05) is 22.9 Å². The average molecular weight is 750 g/mol. The van der Waals surface area contributed by atoms with Crippen LogP contribution in [0.4, 0.5) is 25.5 Å². The van der Waals surface area contributed by atoms with Crippen LogP contribution in [0.5, 0.6) is 5.75 Å². The molecular formula is C39H49F2N7O6. The van der Waals surface area contributed by atoms with Crippen LogP contribution in [0.3, 0.4) is 0 Å². The van der Waals surface area contributed by atoms with E-state index in [2.05, 4.69) is 25.4 Å². The molecular weight excluding hydrogens is 700 g/mol. The van der Waals surface area contributed by atoms with Crippen molar-refractivity contribution < 1.29 is 37.1 Å². The van der Waals surface area contributed by atoms with Gasteiger partial charge in [-0.05, 0) is 102 Å². The first-order valence-electron chi connectivity index (χ1n) is 18.5. The molecule has 1 aromatic carbocycles. The van der Waals surface area contributed by atoms with E-state index in [1.54, 1.807) is 12.4 Å². The number of halogens is 2. The van der Waals surface area contributed by atoms with E-state index in [1.807, 2.05) is 56.6 Å². The van der Waals surface area contributed by atoms with E-state index in [0.29, 0.717) is 61.9 Å². The lowest BCUT2D eigenvalue weighted by atomic mass is 9.98. The lowest BCUT2D eigenvalue weighted by molar-refractivity contribution is 0.0183. The third-order valence-electron chi connectivity index (χ3n) is 9.67. The van der Waals surface area contributed by atoms with E-state index >= 15 is 0 Å². The van der Waals surface area contributed by atoms with Crippen molar-refractivity contribution in [2.75, 3.05) is 42.6 Å². The van der Waals surface area contributed by atoms with Gasteiger partial charge in [0, 0.05) is 32.6 Å². The van der Waals surface area contributed by atoms with Crippen molar-refractivity contribution in [3.63, 3.8) is 0 Å². The van der Waals surface area contributed by atoms with E-state index in [4.69, 9.17) is 18.7 Å². The van der Waals surface area contributed by atoms with Crippen molar-refractivity contribution in [3.8, 4) is 5.75 Å². The van der Waals surface area contributed by atoms with Gasteiger partial charge in [-0.2, -0.15) is 4.98 Å². The number of piperidine rings is 1. The number of nitrogens with zero attached hydrogens (tertiary/aromatic N) is 6. The minimum atomic E-state index is -0.898. The van der Waals surface area contributed by atoms with Gasteiger partial charge >= 0.3 is 18.1 Å². The summed E-state index contributed by atoms with van der Waals surface area (Å²) < 4.78 is 48.4. The normalized spacial score (nSPS) is 20.9. The smallest absolute Gasteiger partial charge is 0.407 e. The molecule has 0 radical (unpaired) electrons. The molecule has 3 fully saturated rings. The molecule has 290 valence electrons. The standard InChI is InChI=1S/C31H38FN7O6.C8H11F/c1-30(2,3)44-29(41)35-23-10-15-39(18-23)27-33-16-24(17-34-27)42-19-20-8-13-38(14-9-20)28-36-26(37-45-28)31(11-12-31)43-25(40)21-4-6-22(32)7-5-21;1-6-3-4-8(9)7(2)5-6/h4-7,16-17,20,23H,8-15,18-19H2,1-3H3,(H,35,41);3,5,8H,4H2,1-2H3. The summed E-state index contributed by atoms with van der Waals surface area (Å²) in [7, 11) is 0. The number of hydrogen-bond donors (Lipinski definition) is 1. The predicted octanol–water partition coefficient (Wildman–Crippen LogP) is 6.86. The molecule has 2 aliphatic heterocycles. The average Bonchev–Trinajstić information content (AvgIpc) is 3.49. The quantitative estimate of drug-likeness (QED) is 0.228. The van der Waals surface area contributed by atoms with Gasteiger partial charge < -0.3 is 33.9 Å². The number of alkyl carbamates (subject to hydrolysis) is 1. The highest BCUT2D eigenvalue weighted by atomic mass is 19.1. The van der Waals surface area contributed by atoms with Crippen molar-refractivity contribution >= 4 is 24.0 Å². The highest BCUT2D eigenvalue weighted by Crippen LogP contribution is 2.49. The lowest BCUT2D eigenvalue weighted by Gasteiger charge is -2.30. The minimum absolute atomic E-state index is 0.0239. The number of esters is 1. The molecule has 7 rings (SSSR count). The second kappa shape index (κ2) is 16.5. The maximum atomic E-state index is 13.2. The Morgan fingerprint density at radius 2 is 1.70 bits per heavy atom. The number of allylic oxidation sites excluding steroid dienone is 4. The van der Waals surface area contributed by atoms with Crippen molar-refractivity contribution in [1.82, 2.24) is 25.4 Å². The fourth-order valence-electron chi connectivity index (χ4n) is 6.41. The summed E-state index contributed by atoms with van der Waals surface area (Å²) in [6, 6.07) is 5.61. The number of aromatic nitrogens is 4. The highest BCUT2D eigenvalue weighted by molar-refractivity contribution is 5.89. The SMILES string of the molecule is CC(C)(C)OC(=O)NC1CCN(c2ncc(OCC3CCN(c4nc(C5(OC(=O)c6ccc(F)cc6)CC5)no4)CC3)cn2)C1.CC1=CCC(F)C(C)=C1. The molecule has 54 heavy (non-hydrogen) atoms. The molecule has 15 heteroatoms. The number of ether oxygens (including phenoxy) is 3. The van der Waals surface area contributed by atoms with Gasteiger partial charge in [0.15, 0.2) is 11.4 Å². The molecule has 13 nitrogen and oxygen atoms in total. The van der Waals surface area contributed by atoms with Crippen LogP contribution in [0.1, 0.15) is 89.3 Å². The van der Waals surface area contributed by atoms with Crippen LogP contribution in [-0.4, -0.2) is 82.8 Å². The third-order valence-corrected chi connectivity index (χ3v) is 9.67. The van der Waals surface area contributed by atoms with Gasteiger partial charge in [-0.25, -0.2) is 28.3 Å². The van der Waals surface area contributed by atoms with Crippen LogP contribution >= 0.6 is 0 Å². The summed E-state index contributed by atoms with van der Waals surface area (Å²) >= 11 is 0. The number of benzene rings is 1. The fourth-order valence-corrected chi connectivity index (χ4v) is 6.41. The van der Waals surface area contributed by atoms with Gasteiger partial charge in [-0.15, -0.1) is 0 Å². The van der Waals surface area contributed by atoms with Crippen molar-refractivity contribution in [1.29, 1.82) is 0 Å². The summed E-state index contributed by atoms with van der Waals surface area (Å²) in [6.45, 7) is 12.7. The van der Waals surface area contributed by atoms with E-state index in [-0.39, 0.29) is 11.6 Å². The molecule has 2 saturated heterocycles. The van der Waals surface area contributed by atoms with Gasteiger partial charge in [0.1, 0.15) is 17.6 Å². The fraction of sp³-hybridized carbons (Fsp3) is 0.538.